The van der Waals surface area contributed by atoms with E-state index >= 15 is 0 Å². The van der Waals surface area contributed by atoms with Crippen LogP contribution in [0.1, 0.15) is 0 Å². The summed E-state index contributed by atoms with van der Waals surface area (Å²) in [5.74, 6) is 0.0670. The van der Waals surface area contributed by atoms with Crippen molar-refractivity contribution in [3.8, 4) is 5.75 Å². The molecule has 0 saturated carbocycles. The maximum absolute atomic E-state index is 10.9. The fourth-order valence-corrected chi connectivity index (χ4v) is 1.32. The number of hydrogen-bond acceptors (Lipinski definition) is 4. The first-order valence-corrected chi connectivity index (χ1v) is 5.38. The zero-order valence-electron chi connectivity index (χ0n) is 7.41. The zero-order chi connectivity index (χ0) is 11.2. The summed E-state index contributed by atoms with van der Waals surface area (Å²) in [6.45, 7) is -0.250. The van der Waals surface area contributed by atoms with Crippen LogP contribution >= 0.6 is 0 Å². The van der Waals surface area contributed by atoms with Gasteiger partial charge in [0.1, 0.15) is 5.75 Å². The molecule has 0 fully saturated rings. The van der Waals surface area contributed by atoms with E-state index in [1.165, 1.54) is 24.3 Å². The normalized spacial score (nSPS) is 9.79. The van der Waals surface area contributed by atoms with E-state index in [1.54, 1.807) is 0 Å². The SMILES string of the molecule is CS(=O)(=O)c1ccc(O)cc1.O=CO. The van der Waals surface area contributed by atoms with Crippen molar-refractivity contribution >= 4 is 16.3 Å². The Morgan fingerprint density at radius 1 is 1.21 bits per heavy atom. The molecule has 0 aromatic heterocycles. The summed E-state index contributed by atoms with van der Waals surface area (Å²) >= 11 is 0. The molecule has 14 heavy (non-hydrogen) atoms. The minimum atomic E-state index is -3.13. The van der Waals surface area contributed by atoms with Gasteiger partial charge in [-0.3, -0.25) is 4.79 Å². The maximum atomic E-state index is 10.9. The second kappa shape index (κ2) is 5.23. The average molecular weight is 218 g/mol. The molecule has 6 heteroatoms. The lowest BCUT2D eigenvalue weighted by Gasteiger charge is -1.96. The van der Waals surface area contributed by atoms with Crippen molar-refractivity contribution in [1.82, 2.24) is 0 Å². The van der Waals surface area contributed by atoms with E-state index in [0.29, 0.717) is 0 Å². The van der Waals surface area contributed by atoms with Gasteiger partial charge in [0.05, 0.1) is 4.90 Å². The number of carbonyl (C=O) groups is 1. The highest BCUT2D eigenvalue weighted by molar-refractivity contribution is 7.90. The van der Waals surface area contributed by atoms with E-state index in [9.17, 15) is 8.42 Å². The van der Waals surface area contributed by atoms with E-state index in [0.717, 1.165) is 6.26 Å². The molecule has 1 rings (SSSR count). The Balaban J connectivity index is 0.000000500. The molecule has 0 atom stereocenters. The topological polar surface area (TPSA) is 91.7 Å². The van der Waals surface area contributed by atoms with Gasteiger partial charge in [-0.15, -0.1) is 0 Å². The van der Waals surface area contributed by atoms with Crippen LogP contribution in [0.4, 0.5) is 0 Å². The van der Waals surface area contributed by atoms with Crippen LogP contribution in [0.15, 0.2) is 29.2 Å². The van der Waals surface area contributed by atoms with E-state index in [4.69, 9.17) is 15.0 Å². The van der Waals surface area contributed by atoms with E-state index < -0.39 is 9.84 Å². The molecule has 0 aliphatic heterocycles. The lowest BCUT2D eigenvalue weighted by atomic mass is 10.3. The number of hydrogen-bond donors (Lipinski definition) is 2. The third-order valence-corrected chi connectivity index (χ3v) is 2.39. The molecule has 0 radical (unpaired) electrons. The third-order valence-electron chi connectivity index (χ3n) is 1.26. The van der Waals surface area contributed by atoms with Gasteiger partial charge in [-0.2, -0.15) is 0 Å². The third kappa shape index (κ3) is 4.46. The Labute approximate surface area is 81.5 Å². The van der Waals surface area contributed by atoms with Gasteiger partial charge in [0.25, 0.3) is 6.47 Å². The molecule has 5 nitrogen and oxygen atoms in total. The van der Waals surface area contributed by atoms with Crippen LogP contribution in [0.5, 0.6) is 5.75 Å². The Hall–Kier alpha value is -1.56. The van der Waals surface area contributed by atoms with E-state index in [1.807, 2.05) is 0 Å². The van der Waals surface area contributed by atoms with Crippen molar-refractivity contribution in [2.45, 2.75) is 4.90 Å². The van der Waals surface area contributed by atoms with Gasteiger partial charge >= 0.3 is 0 Å². The smallest absolute Gasteiger partial charge is 0.290 e. The van der Waals surface area contributed by atoms with Crippen LogP contribution in [0.25, 0.3) is 0 Å². The van der Waals surface area contributed by atoms with Crippen molar-refractivity contribution in [3.63, 3.8) is 0 Å². The molecule has 0 heterocycles. The first-order chi connectivity index (χ1) is 6.41. The number of carboxylic acid groups (broad SMARTS) is 1. The molecule has 78 valence electrons. The summed E-state index contributed by atoms with van der Waals surface area (Å²) in [5.41, 5.74) is 0. The summed E-state index contributed by atoms with van der Waals surface area (Å²) in [6.07, 6.45) is 1.12. The van der Waals surface area contributed by atoms with Crippen molar-refractivity contribution in [2.75, 3.05) is 6.26 Å². The molecule has 0 aliphatic carbocycles. The molecule has 0 saturated heterocycles. The molecule has 1 aromatic rings. The number of rotatable bonds is 1. The van der Waals surface area contributed by atoms with Crippen molar-refractivity contribution < 1.29 is 23.4 Å². The molecule has 0 spiro atoms. The first kappa shape index (κ1) is 12.4. The number of benzene rings is 1. The number of phenols is 1. The van der Waals surface area contributed by atoms with E-state index in [2.05, 4.69) is 0 Å². The highest BCUT2D eigenvalue weighted by Crippen LogP contribution is 2.13. The lowest BCUT2D eigenvalue weighted by Crippen LogP contribution is -1.95. The van der Waals surface area contributed by atoms with Crippen molar-refractivity contribution in [2.24, 2.45) is 0 Å². The highest BCUT2D eigenvalue weighted by Gasteiger charge is 2.04. The fourth-order valence-electron chi connectivity index (χ4n) is 0.693. The van der Waals surface area contributed by atoms with Gasteiger partial charge < -0.3 is 10.2 Å². The minimum absolute atomic E-state index is 0.0670. The number of aromatic hydroxyl groups is 1. The zero-order valence-corrected chi connectivity index (χ0v) is 8.23. The molecule has 1 aromatic carbocycles. The molecule has 2 N–H and O–H groups in total. The van der Waals surface area contributed by atoms with Gasteiger partial charge in [-0.05, 0) is 24.3 Å². The molecule has 0 aliphatic rings. The average Bonchev–Trinajstić information content (AvgIpc) is 2.04. The standard InChI is InChI=1S/C7H8O3S.CH2O2/c1-11(9,10)7-4-2-6(8)3-5-7;2-1-3/h2-5,8H,1H3;1H,(H,2,3). The monoisotopic (exact) mass is 218 g/mol. The van der Waals surface area contributed by atoms with Gasteiger partial charge in [0.2, 0.25) is 0 Å². The van der Waals surface area contributed by atoms with Crippen LogP contribution in [-0.2, 0) is 14.6 Å². The molecule has 0 bridgehead atoms. The summed E-state index contributed by atoms with van der Waals surface area (Å²) in [6, 6.07) is 5.42. The maximum Gasteiger partial charge on any atom is 0.290 e. The molecular formula is C8H10O5S. The Bertz CT molecular complexity index is 379. The highest BCUT2D eigenvalue weighted by atomic mass is 32.2. The van der Waals surface area contributed by atoms with Crippen LogP contribution in [-0.4, -0.2) is 31.4 Å². The Kier molecular flexibility index (Phi) is 4.65. The van der Waals surface area contributed by atoms with Crippen LogP contribution in [0.2, 0.25) is 0 Å². The van der Waals surface area contributed by atoms with Crippen molar-refractivity contribution in [3.05, 3.63) is 24.3 Å². The van der Waals surface area contributed by atoms with Crippen LogP contribution < -0.4 is 0 Å². The molecule has 0 amide bonds. The van der Waals surface area contributed by atoms with Crippen LogP contribution in [0, 0.1) is 0 Å². The number of sulfone groups is 1. The van der Waals surface area contributed by atoms with Crippen molar-refractivity contribution in [1.29, 1.82) is 0 Å². The quantitative estimate of drug-likeness (QED) is 0.669. The summed E-state index contributed by atoms with van der Waals surface area (Å²) in [4.78, 5) is 8.58. The minimum Gasteiger partial charge on any atom is -0.508 e. The van der Waals surface area contributed by atoms with Gasteiger partial charge in [-0.1, -0.05) is 0 Å². The number of phenolic OH excluding ortho intramolecular Hbond substituents is 1. The first-order valence-electron chi connectivity index (χ1n) is 3.48. The van der Waals surface area contributed by atoms with E-state index in [-0.39, 0.29) is 17.1 Å². The summed E-state index contributed by atoms with van der Waals surface area (Å²) < 4.78 is 21.7. The lowest BCUT2D eigenvalue weighted by molar-refractivity contribution is -0.122. The molecule has 0 unspecified atom stereocenters. The fraction of sp³-hybridized carbons (Fsp3) is 0.125. The Morgan fingerprint density at radius 3 is 1.86 bits per heavy atom. The largest absolute Gasteiger partial charge is 0.508 e. The second-order valence-corrected chi connectivity index (χ2v) is 4.39. The summed E-state index contributed by atoms with van der Waals surface area (Å²) in [5, 5.41) is 15.7. The van der Waals surface area contributed by atoms with Gasteiger partial charge in [-0.25, -0.2) is 8.42 Å². The van der Waals surface area contributed by atoms with Gasteiger partial charge in [0, 0.05) is 6.26 Å². The van der Waals surface area contributed by atoms with Gasteiger partial charge in [0.15, 0.2) is 9.84 Å². The second-order valence-electron chi connectivity index (χ2n) is 2.37. The predicted molar refractivity (Wildman–Crippen MR) is 49.9 cm³/mol. The Morgan fingerprint density at radius 2 is 1.57 bits per heavy atom. The summed E-state index contributed by atoms with van der Waals surface area (Å²) in [7, 11) is -3.13. The van der Waals surface area contributed by atoms with Crippen LogP contribution in [0.3, 0.4) is 0 Å². The predicted octanol–water partition coefficient (Wildman–Crippen LogP) is 0.497. The molecular weight excluding hydrogens is 208 g/mol.